The Bertz CT molecular complexity index is 2210. The second kappa shape index (κ2) is 12.5. The van der Waals surface area contributed by atoms with Gasteiger partial charge in [0.1, 0.15) is 5.82 Å². The molecule has 7 aromatic rings. The standard InChI is InChI=1S/C33H22FN2.C5H8O2.Ir/c1-19-14-20(2)16-22(15-19)33-28-18-26(32-25(7-5-8-29(32)34)23(28)12-13-35-33)21-10-11-31-27(17-21)24-6-3-4-9-30(24)36-31;1-4(6)3-5(2)7;/h3-15,17-18,36H,1-2H3;3,6H,1-2H3;/q-1;;/b;4-3-;. The number of carbonyl (C=O) groups is 1. The van der Waals surface area contributed by atoms with E-state index in [9.17, 15) is 4.79 Å². The molecule has 0 aliphatic rings. The molecule has 0 saturated carbocycles. The molecule has 2 N–H and O–H groups in total. The number of hydrogen-bond donors (Lipinski definition) is 2. The summed E-state index contributed by atoms with van der Waals surface area (Å²) in [6.45, 7) is 6.98. The summed E-state index contributed by atoms with van der Waals surface area (Å²) in [5, 5.41) is 14.1. The molecule has 0 fully saturated rings. The van der Waals surface area contributed by atoms with Crippen LogP contribution in [0, 0.1) is 25.7 Å². The molecular weight excluding hydrogens is 728 g/mol. The third-order valence-corrected chi connectivity index (χ3v) is 7.48. The number of pyridine rings is 1. The summed E-state index contributed by atoms with van der Waals surface area (Å²) in [5.74, 6) is -0.285. The van der Waals surface area contributed by atoms with Crippen LogP contribution in [-0.4, -0.2) is 20.9 Å². The van der Waals surface area contributed by atoms with Crippen LogP contribution >= 0.6 is 0 Å². The number of ketones is 1. The number of carbonyl (C=O) groups excluding carboxylic acids is 1. The van der Waals surface area contributed by atoms with E-state index < -0.39 is 0 Å². The Balaban J connectivity index is 0.000000433. The van der Waals surface area contributed by atoms with Crippen molar-refractivity contribution in [1.82, 2.24) is 9.97 Å². The number of halogens is 1. The molecule has 0 unspecified atom stereocenters. The van der Waals surface area contributed by atoms with Gasteiger partial charge in [0, 0.05) is 59.6 Å². The van der Waals surface area contributed by atoms with Gasteiger partial charge in [-0.2, -0.15) is 0 Å². The number of aliphatic hydroxyl groups is 1. The molecule has 7 rings (SSSR count). The van der Waals surface area contributed by atoms with Crippen molar-refractivity contribution in [3.8, 4) is 22.4 Å². The molecule has 44 heavy (non-hydrogen) atoms. The number of H-pyrrole nitrogens is 1. The van der Waals surface area contributed by atoms with Crippen LogP contribution in [0.1, 0.15) is 25.0 Å². The van der Waals surface area contributed by atoms with Gasteiger partial charge in [0.05, 0.1) is 5.76 Å². The molecule has 0 saturated heterocycles. The van der Waals surface area contributed by atoms with Crippen molar-refractivity contribution >= 4 is 49.1 Å². The number of benzene rings is 5. The Hall–Kier alpha value is -4.64. The topological polar surface area (TPSA) is 66.0 Å². The minimum absolute atomic E-state index is 0. The molecule has 5 aromatic carbocycles. The van der Waals surface area contributed by atoms with Crippen molar-refractivity contribution in [3.05, 3.63) is 126 Å². The van der Waals surface area contributed by atoms with Crippen LogP contribution in [-0.2, 0) is 24.9 Å². The fourth-order valence-electron chi connectivity index (χ4n) is 5.87. The quantitative estimate of drug-likeness (QED) is 0.0817. The van der Waals surface area contributed by atoms with Crippen LogP contribution in [0.3, 0.4) is 0 Å². The van der Waals surface area contributed by atoms with Gasteiger partial charge in [-0.3, -0.25) is 4.79 Å². The van der Waals surface area contributed by atoms with Crippen molar-refractivity contribution in [3.63, 3.8) is 0 Å². The molecule has 2 heterocycles. The number of nitrogens with zero attached hydrogens (tertiary/aromatic N) is 1. The van der Waals surface area contributed by atoms with Gasteiger partial charge in [-0.25, -0.2) is 4.39 Å². The van der Waals surface area contributed by atoms with Gasteiger partial charge in [0.25, 0.3) is 0 Å². The average molecular weight is 758 g/mol. The molecule has 0 atom stereocenters. The number of aromatic nitrogens is 2. The Kier molecular flexibility index (Phi) is 8.77. The first-order valence-corrected chi connectivity index (χ1v) is 14.1. The summed E-state index contributed by atoms with van der Waals surface area (Å²) in [5.41, 5.74) is 8.04. The number of aryl methyl sites for hydroxylation is 2. The molecule has 1 radical (unpaired) electrons. The number of allylic oxidation sites excluding steroid dienone is 2. The molecule has 0 aliphatic heterocycles. The average Bonchev–Trinajstić information content (AvgIpc) is 3.34. The van der Waals surface area contributed by atoms with Crippen LogP contribution in [0.15, 0.2) is 103 Å². The largest absolute Gasteiger partial charge is 0.512 e. The zero-order chi connectivity index (χ0) is 30.2. The van der Waals surface area contributed by atoms with E-state index in [-0.39, 0.29) is 37.5 Å². The van der Waals surface area contributed by atoms with Gasteiger partial charge in [-0.15, -0.1) is 34.9 Å². The molecule has 0 spiro atoms. The maximum absolute atomic E-state index is 15.5. The summed E-state index contributed by atoms with van der Waals surface area (Å²) in [6, 6.07) is 31.7. The van der Waals surface area contributed by atoms with E-state index in [4.69, 9.17) is 10.1 Å². The summed E-state index contributed by atoms with van der Waals surface area (Å²) in [7, 11) is 0. The van der Waals surface area contributed by atoms with Crippen molar-refractivity contribution in [1.29, 1.82) is 0 Å². The number of fused-ring (bicyclic) bond motifs is 6. The van der Waals surface area contributed by atoms with E-state index in [1.165, 1.54) is 19.9 Å². The van der Waals surface area contributed by atoms with Crippen LogP contribution in [0.25, 0.3) is 65.7 Å². The molecule has 2 aromatic heterocycles. The fraction of sp³-hybridized carbons (Fsp3) is 0.105. The normalized spacial score (nSPS) is 11.4. The van der Waals surface area contributed by atoms with Crippen LogP contribution in [0.4, 0.5) is 4.39 Å². The zero-order valence-electron chi connectivity index (χ0n) is 24.8. The first-order valence-electron chi connectivity index (χ1n) is 14.1. The maximum atomic E-state index is 15.5. The number of rotatable bonds is 3. The maximum Gasteiger partial charge on any atom is 0.155 e. The molecule has 0 aliphatic carbocycles. The number of hydrogen-bond acceptors (Lipinski definition) is 3. The molecule has 4 nitrogen and oxygen atoms in total. The van der Waals surface area contributed by atoms with E-state index in [0.717, 1.165) is 71.5 Å². The monoisotopic (exact) mass is 758 g/mol. The van der Waals surface area contributed by atoms with Crippen LogP contribution in [0.5, 0.6) is 0 Å². The second-order valence-electron chi connectivity index (χ2n) is 10.9. The zero-order valence-corrected chi connectivity index (χ0v) is 27.1. The third-order valence-electron chi connectivity index (χ3n) is 7.48. The molecule has 0 amide bonds. The van der Waals surface area contributed by atoms with Crippen molar-refractivity contribution in [2.75, 3.05) is 0 Å². The Morgan fingerprint density at radius 3 is 2.32 bits per heavy atom. The van der Waals surface area contributed by atoms with E-state index in [0.29, 0.717) is 5.39 Å². The fourth-order valence-corrected chi connectivity index (χ4v) is 5.87. The second-order valence-corrected chi connectivity index (χ2v) is 10.9. The molecule has 221 valence electrons. The van der Waals surface area contributed by atoms with Crippen molar-refractivity contribution < 1.29 is 34.4 Å². The summed E-state index contributed by atoms with van der Waals surface area (Å²) >= 11 is 0. The van der Waals surface area contributed by atoms with E-state index >= 15 is 4.39 Å². The van der Waals surface area contributed by atoms with Crippen LogP contribution in [0.2, 0.25) is 0 Å². The number of aromatic amines is 1. The van der Waals surface area contributed by atoms with Gasteiger partial charge < -0.3 is 15.1 Å². The first kappa shape index (κ1) is 30.8. The van der Waals surface area contributed by atoms with Gasteiger partial charge in [-0.1, -0.05) is 56.3 Å². The number of aliphatic hydroxyl groups excluding tert-OH is 1. The summed E-state index contributed by atoms with van der Waals surface area (Å²) in [6.07, 6.45) is 2.98. The van der Waals surface area contributed by atoms with Gasteiger partial charge in [-0.05, 0) is 77.2 Å². The molecule has 0 bridgehead atoms. The smallest absolute Gasteiger partial charge is 0.155 e. The number of nitrogens with one attached hydrogen (secondary N) is 1. The van der Waals surface area contributed by atoms with Gasteiger partial charge in [0.15, 0.2) is 5.78 Å². The Morgan fingerprint density at radius 1 is 0.841 bits per heavy atom. The summed E-state index contributed by atoms with van der Waals surface area (Å²) in [4.78, 5) is 18.3. The molecular formula is C38H30FIrN2O2-. The minimum Gasteiger partial charge on any atom is -0.512 e. The summed E-state index contributed by atoms with van der Waals surface area (Å²) < 4.78 is 15.5. The van der Waals surface area contributed by atoms with Crippen molar-refractivity contribution in [2.45, 2.75) is 27.7 Å². The van der Waals surface area contributed by atoms with Gasteiger partial charge >= 0.3 is 0 Å². The molecule has 6 heteroatoms. The minimum atomic E-state index is -0.222. The first-order chi connectivity index (χ1) is 20.7. The van der Waals surface area contributed by atoms with Crippen LogP contribution < -0.4 is 0 Å². The van der Waals surface area contributed by atoms with Crippen molar-refractivity contribution in [2.24, 2.45) is 0 Å². The SMILES string of the molecule is CC(=O)/C=C(/C)O.Cc1[c-]c(-c2nccc3c2cc(-c2ccc4[nH]c5ccccc5c4c2)c2c(F)cccc23)cc(C)c1.[Ir]. The number of para-hydroxylation sites is 1. The Labute approximate surface area is 268 Å². The Morgan fingerprint density at radius 2 is 1.59 bits per heavy atom. The third kappa shape index (κ3) is 5.92. The van der Waals surface area contributed by atoms with E-state index in [1.807, 2.05) is 37.4 Å². The van der Waals surface area contributed by atoms with E-state index in [1.54, 1.807) is 12.1 Å². The van der Waals surface area contributed by atoms with Gasteiger partial charge in [0.2, 0.25) is 0 Å². The predicted molar refractivity (Wildman–Crippen MR) is 175 cm³/mol. The van der Waals surface area contributed by atoms with E-state index in [2.05, 4.69) is 66.5 Å². The predicted octanol–water partition coefficient (Wildman–Crippen LogP) is 9.95.